The summed E-state index contributed by atoms with van der Waals surface area (Å²) in [4.78, 5) is 13.6. The number of hydrogen-bond donors (Lipinski definition) is 2. The van der Waals surface area contributed by atoms with Crippen LogP contribution in [0.3, 0.4) is 0 Å². The smallest absolute Gasteiger partial charge is 0.255 e. The predicted octanol–water partition coefficient (Wildman–Crippen LogP) is 3.22. The third-order valence-electron chi connectivity index (χ3n) is 3.16. The van der Waals surface area contributed by atoms with Crippen LogP contribution in [0.4, 0.5) is 0 Å². The maximum Gasteiger partial charge on any atom is 0.255 e. The lowest BCUT2D eigenvalue weighted by Gasteiger charge is -2.21. The number of carbonyl (C=O) groups excluding carboxylic acids is 1. The number of thiophene rings is 1. The van der Waals surface area contributed by atoms with E-state index in [1.807, 2.05) is 25.3 Å². The lowest BCUT2D eigenvalue weighted by molar-refractivity contribution is 0.0925. The molecule has 0 aromatic carbocycles. The maximum absolute atomic E-state index is 12.4. The van der Waals surface area contributed by atoms with Gasteiger partial charge >= 0.3 is 0 Å². The highest BCUT2D eigenvalue weighted by atomic mass is 32.1. The minimum Gasteiger partial charge on any atom is -0.344 e. The molecule has 5 heteroatoms. The second-order valence-electron chi connectivity index (χ2n) is 5.02. The molecule has 1 atom stereocenters. The number of aromatic nitrogens is 2. The molecule has 0 saturated heterocycles. The molecule has 0 radical (unpaired) electrons. The quantitative estimate of drug-likeness (QED) is 0.901. The Kier molecular flexibility index (Phi) is 4.04. The number of carbonyl (C=O) groups is 1. The molecule has 0 saturated carbocycles. The molecule has 4 nitrogen and oxygen atoms in total. The summed E-state index contributed by atoms with van der Waals surface area (Å²) in [6, 6.07) is 4.11. The van der Waals surface area contributed by atoms with Gasteiger partial charge in [0.2, 0.25) is 0 Å². The summed E-state index contributed by atoms with van der Waals surface area (Å²) in [5.41, 5.74) is 2.20. The van der Waals surface area contributed by atoms with Gasteiger partial charge in [0.05, 0.1) is 17.3 Å². The SMILES string of the molecule is Cc1n[nH]c(C)c1C(=O)NC(c1cccs1)C(C)C. The summed E-state index contributed by atoms with van der Waals surface area (Å²) in [6.07, 6.45) is 0. The molecule has 0 aliphatic carbocycles. The minimum absolute atomic E-state index is 0.0428. The van der Waals surface area contributed by atoms with E-state index in [2.05, 4.69) is 35.4 Å². The molecule has 1 unspecified atom stereocenters. The molecular formula is C14H19N3OS. The number of aromatic amines is 1. The van der Waals surface area contributed by atoms with Gasteiger partial charge in [-0.05, 0) is 31.2 Å². The van der Waals surface area contributed by atoms with Crippen molar-refractivity contribution >= 4 is 17.2 Å². The highest BCUT2D eigenvalue weighted by Gasteiger charge is 2.22. The van der Waals surface area contributed by atoms with Crippen molar-refractivity contribution in [2.75, 3.05) is 0 Å². The molecule has 0 spiro atoms. The highest BCUT2D eigenvalue weighted by Crippen LogP contribution is 2.26. The van der Waals surface area contributed by atoms with E-state index in [-0.39, 0.29) is 11.9 Å². The predicted molar refractivity (Wildman–Crippen MR) is 77.4 cm³/mol. The summed E-state index contributed by atoms with van der Waals surface area (Å²) in [7, 11) is 0. The highest BCUT2D eigenvalue weighted by molar-refractivity contribution is 7.10. The van der Waals surface area contributed by atoms with Crippen LogP contribution in [0, 0.1) is 19.8 Å². The summed E-state index contributed by atoms with van der Waals surface area (Å²) < 4.78 is 0. The summed E-state index contributed by atoms with van der Waals surface area (Å²) >= 11 is 1.67. The molecule has 2 heterocycles. The van der Waals surface area contributed by atoms with E-state index in [1.54, 1.807) is 11.3 Å². The average molecular weight is 277 g/mol. The molecule has 19 heavy (non-hydrogen) atoms. The third-order valence-corrected chi connectivity index (χ3v) is 4.11. The van der Waals surface area contributed by atoms with Crippen molar-refractivity contribution in [3.05, 3.63) is 39.3 Å². The first-order valence-corrected chi connectivity index (χ1v) is 7.24. The van der Waals surface area contributed by atoms with Gasteiger partial charge in [-0.25, -0.2) is 0 Å². The molecule has 0 aliphatic heterocycles. The standard InChI is InChI=1S/C14H19N3OS/c1-8(2)13(11-6-5-7-19-11)15-14(18)12-9(3)16-17-10(12)4/h5-8,13H,1-4H3,(H,15,18)(H,16,17). The van der Waals surface area contributed by atoms with Crippen molar-refractivity contribution in [2.45, 2.75) is 33.7 Å². The van der Waals surface area contributed by atoms with Crippen LogP contribution in [0.5, 0.6) is 0 Å². The monoisotopic (exact) mass is 277 g/mol. The van der Waals surface area contributed by atoms with Gasteiger partial charge in [0.15, 0.2) is 0 Å². The van der Waals surface area contributed by atoms with E-state index >= 15 is 0 Å². The molecule has 2 rings (SSSR count). The van der Waals surface area contributed by atoms with Crippen molar-refractivity contribution in [3.63, 3.8) is 0 Å². The summed E-state index contributed by atoms with van der Waals surface area (Å²) in [5, 5.41) is 12.1. The largest absolute Gasteiger partial charge is 0.344 e. The molecule has 0 bridgehead atoms. The van der Waals surface area contributed by atoms with Gasteiger partial charge < -0.3 is 5.32 Å². The number of aryl methyl sites for hydroxylation is 2. The van der Waals surface area contributed by atoms with Gasteiger partial charge in [-0.15, -0.1) is 11.3 Å². The Bertz CT molecular complexity index is 538. The molecule has 102 valence electrons. The Morgan fingerprint density at radius 3 is 2.63 bits per heavy atom. The van der Waals surface area contributed by atoms with Crippen LogP contribution in [0.2, 0.25) is 0 Å². The lowest BCUT2D eigenvalue weighted by Crippen LogP contribution is -2.31. The van der Waals surface area contributed by atoms with Crippen molar-refractivity contribution in [3.8, 4) is 0 Å². The average Bonchev–Trinajstić information content (AvgIpc) is 2.96. The second kappa shape index (κ2) is 5.57. The molecule has 1 amide bonds. The van der Waals surface area contributed by atoms with Crippen LogP contribution < -0.4 is 5.32 Å². The van der Waals surface area contributed by atoms with Crippen LogP contribution in [0.25, 0.3) is 0 Å². The third kappa shape index (κ3) is 2.87. The van der Waals surface area contributed by atoms with E-state index in [4.69, 9.17) is 0 Å². The van der Waals surface area contributed by atoms with E-state index in [1.165, 1.54) is 4.88 Å². The van der Waals surface area contributed by atoms with E-state index in [0.717, 1.165) is 11.4 Å². The van der Waals surface area contributed by atoms with Gasteiger partial charge in [-0.3, -0.25) is 9.89 Å². The number of hydrogen-bond acceptors (Lipinski definition) is 3. The Balaban J connectivity index is 2.21. The molecule has 2 aromatic rings. The molecule has 0 aliphatic rings. The first-order valence-electron chi connectivity index (χ1n) is 6.36. The lowest BCUT2D eigenvalue weighted by atomic mass is 10.0. The molecular weight excluding hydrogens is 258 g/mol. The maximum atomic E-state index is 12.4. The van der Waals surface area contributed by atoms with Gasteiger partial charge in [0.25, 0.3) is 5.91 Å². The normalized spacial score (nSPS) is 12.7. The fourth-order valence-electron chi connectivity index (χ4n) is 2.13. The first-order chi connectivity index (χ1) is 9.00. The fourth-order valence-corrected chi connectivity index (χ4v) is 3.08. The number of nitrogens with one attached hydrogen (secondary N) is 2. The minimum atomic E-state index is -0.0594. The Hall–Kier alpha value is -1.62. The zero-order chi connectivity index (χ0) is 14.0. The number of H-pyrrole nitrogens is 1. The first kappa shape index (κ1) is 13.8. The summed E-state index contributed by atoms with van der Waals surface area (Å²) in [5.74, 6) is 0.283. The van der Waals surface area contributed by atoms with Gasteiger partial charge in [-0.1, -0.05) is 19.9 Å². The fraction of sp³-hybridized carbons (Fsp3) is 0.429. The molecule has 2 aromatic heterocycles. The van der Waals surface area contributed by atoms with Crippen molar-refractivity contribution in [1.29, 1.82) is 0 Å². The van der Waals surface area contributed by atoms with Gasteiger partial charge in [-0.2, -0.15) is 5.10 Å². The zero-order valence-electron chi connectivity index (χ0n) is 11.7. The van der Waals surface area contributed by atoms with Crippen molar-refractivity contribution in [2.24, 2.45) is 5.92 Å². The topological polar surface area (TPSA) is 57.8 Å². The van der Waals surface area contributed by atoms with Crippen LogP contribution in [-0.4, -0.2) is 16.1 Å². The van der Waals surface area contributed by atoms with Crippen LogP contribution >= 0.6 is 11.3 Å². The van der Waals surface area contributed by atoms with Gasteiger partial charge in [0.1, 0.15) is 0 Å². The Labute approximate surface area is 117 Å². The van der Waals surface area contributed by atoms with E-state index in [9.17, 15) is 4.79 Å². The van der Waals surface area contributed by atoms with E-state index in [0.29, 0.717) is 11.5 Å². The van der Waals surface area contributed by atoms with Gasteiger partial charge in [0, 0.05) is 10.6 Å². The van der Waals surface area contributed by atoms with E-state index < -0.39 is 0 Å². The Morgan fingerprint density at radius 2 is 2.16 bits per heavy atom. The Morgan fingerprint density at radius 1 is 1.42 bits per heavy atom. The molecule has 0 fully saturated rings. The molecule has 2 N–H and O–H groups in total. The van der Waals surface area contributed by atoms with Crippen LogP contribution in [0.15, 0.2) is 17.5 Å². The van der Waals surface area contributed by atoms with Crippen LogP contribution in [-0.2, 0) is 0 Å². The number of rotatable bonds is 4. The zero-order valence-corrected chi connectivity index (χ0v) is 12.5. The number of amides is 1. The van der Waals surface area contributed by atoms with Crippen molar-refractivity contribution < 1.29 is 4.79 Å². The number of nitrogens with zero attached hydrogens (tertiary/aromatic N) is 1. The van der Waals surface area contributed by atoms with Crippen LogP contribution in [0.1, 0.15) is 46.5 Å². The van der Waals surface area contributed by atoms with Crippen molar-refractivity contribution in [1.82, 2.24) is 15.5 Å². The second-order valence-corrected chi connectivity index (χ2v) is 6.00. The summed E-state index contributed by atoms with van der Waals surface area (Å²) in [6.45, 7) is 7.93.